The van der Waals surface area contributed by atoms with E-state index in [0.717, 1.165) is 70.4 Å². The van der Waals surface area contributed by atoms with Crippen LogP contribution in [0.3, 0.4) is 0 Å². The molecule has 0 amide bonds. The molecule has 1 fully saturated rings. The predicted octanol–water partition coefficient (Wildman–Crippen LogP) is 5.43. The van der Waals surface area contributed by atoms with E-state index in [9.17, 15) is 10.2 Å². The van der Waals surface area contributed by atoms with Gasteiger partial charge in [-0.1, -0.05) is 23.7 Å². The topological polar surface area (TPSA) is 65.8 Å². The Morgan fingerprint density at radius 3 is 2.85 bits per heavy atom. The average molecular weight is 501 g/mol. The van der Waals surface area contributed by atoms with E-state index in [-0.39, 0.29) is 12.5 Å². The zero-order valence-electron chi connectivity index (χ0n) is 19.6. The molecule has 182 valence electrons. The molecule has 1 aliphatic rings. The van der Waals surface area contributed by atoms with Gasteiger partial charge >= 0.3 is 0 Å². The molecule has 0 radical (unpaired) electrons. The highest BCUT2D eigenvalue weighted by molar-refractivity contribution is 7.99. The summed E-state index contributed by atoms with van der Waals surface area (Å²) in [5.41, 5.74) is 1.74. The van der Waals surface area contributed by atoms with Gasteiger partial charge in [0.2, 0.25) is 0 Å². The lowest BCUT2D eigenvalue weighted by Crippen LogP contribution is -2.43. The van der Waals surface area contributed by atoms with Crippen molar-refractivity contribution in [3.8, 4) is 5.75 Å². The maximum Gasteiger partial charge on any atom is 0.119 e. The van der Waals surface area contributed by atoms with Gasteiger partial charge in [0.15, 0.2) is 0 Å². The van der Waals surface area contributed by atoms with Crippen LogP contribution in [0.2, 0.25) is 5.02 Å². The molecular formula is C27H33ClN2O3S. The number of thioether (sulfide) groups is 1. The van der Waals surface area contributed by atoms with E-state index in [0.29, 0.717) is 12.3 Å². The number of aliphatic hydroxyl groups is 2. The second-order valence-electron chi connectivity index (χ2n) is 8.95. The number of halogens is 1. The molecule has 2 heterocycles. The van der Waals surface area contributed by atoms with Crippen molar-refractivity contribution in [2.75, 3.05) is 39.1 Å². The first-order chi connectivity index (χ1) is 16.6. The Kier molecular flexibility index (Phi) is 9.09. The minimum atomic E-state index is -0.568. The van der Waals surface area contributed by atoms with Gasteiger partial charge in [-0.2, -0.15) is 0 Å². The molecule has 2 aromatic carbocycles. The summed E-state index contributed by atoms with van der Waals surface area (Å²) in [6.45, 7) is 3.09. The molecule has 1 aromatic heterocycles. The fourth-order valence-corrected chi connectivity index (χ4v) is 6.13. The summed E-state index contributed by atoms with van der Waals surface area (Å²) in [6.07, 6.45) is 3.78. The number of likely N-dealkylation sites (tertiary alicyclic amines) is 1. The van der Waals surface area contributed by atoms with E-state index in [1.165, 1.54) is 0 Å². The van der Waals surface area contributed by atoms with Gasteiger partial charge in [0.05, 0.1) is 23.8 Å². The Morgan fingerprint density at radius 1 is 1.21 bits per heavy atom. The van der Waals surface area contributed by atoms with Crippen LogP contribution in [-0.2, 0) is 0 Å². The van der Waals surface area contributed by atoms with Crippen molar-refractivity contribution in [1.29, 1.82) is 0 Å². The molecular weight excluding hydrogens is 468 g/mol. The summed E-state index contributed by atoms with van der Waals surface area (Å²) in [5, 5.41) is 22.8. The molecule has 34 heavy (non-hydrogen) atoms. The zero-order chi connectivity index (χ0) is 23.9. The number of fused-ring (bicyclic) bond motifs is 1. The fourth-order valence-electron chi connectivity index (χ4n) is 4.88. The molecule has 0 aliphatic carbocycles. The summed E-state index contributed by atoms with van der Waals surface area (Å²) >= 11 is 8.05. The number of benzene rings is 2. The number of hydrogen-bond donors (Lipinski definition) is 2. The van der Waals surface area contributed by atoms with Crippen molar-refractivity contribution < 1.29 is 14.9 Å². The van der Waals surface area contributed by atoms with Gasteiger partial charge in [0.1, 0.15) is 5.75 Å². The van der Waals surface area contributed by atoms with Gasteiger partial charge < -0.3 is 19.8 Å². The molecule has 5 nitrogen and oxygen atoms in total. The van der Waals surface area contributed by atoms with Crippen LogP contribution in [0.4, 0.5) is 0 Å². The Labute approximate surface area is 211 Å². The van der Waals surface area contributed by atoms with E-state index < -0.39 is 6.10 Å². The van der Waals surface area contributed by atoms with Crippen LogP contribution in [0.1, 0.15) is 30.9 Å². The van der Waals surface area contributed by atoms with Crippen LogP contribution in [0.25, 0.3) is 10.9 Å². The highest BCUT2D eigenvalue weighted by Gasteiger charge is 2.29. The van der Waals surface area contributed by atoms with Crippen LogP contribution >= 0.6 is 23.4 Å². The van der Waals surface area contributed by atoms with E-state index in [2.05, 4.69) is 16.0 Å². The lowest BCUT2D eigenvalue weighted by atomic mass is 9.81. The molecule has 2 N–H and O–H groups in total. The van der Waals surface area contributed by atoms with Gasteiger partial charge in [-0.3, -0.25) is 4.98 Å². The number of aliphatic hydroxyl groups excluding tert-OH is 2. The summed E-state index contributed by atoms with van der Waals surface area (Å²) < 4.78 is 5.36. The van der Waals surface area contributed by atoms with Crippen molar-refractivity contribution in [1.82, 2.24) is 9.88 Å². The summed E-state index contributed by atoms with van der Waals surface area (Å²) in [5.74, 6) is 2.38. The SMILES string of the molecule is COc1ccc2nccc([C@@H](O)CC[C@@H]3CCN(CCSc4ccccc4Cl)C[C@@H]3CO)c2c1. The number of nitrogens with zero attached hydrogens (tertiary/aromatic N) is 2. The van der Waals surface area contributed by atoms with Crippen LogP contribution in [0.15, 0.2) is 59.6 Å². The Morgan fingerprint density at radius 2 is 2.06 bits per heavy atom. The largest absolute Gasteiger partial charge is 0.497 e. The van der Waals surface area contributed by atoms with Crippen molar-refractivity contribution >= 4 is 34.3 Å². The quantitative estimate of drug-likeness (QED) is 0.362. The highest BCUT2D eigenvalue weighted by Crippen LogP contribution is 2.34. The maximum atomic E-state index is 11.0. The van der Waals surface area contributed by atoms with Gasteiger partial charge in [-0.15, -0.1) is 11.8 Å². The van der Waals surface area contributed by atoms with E-state index in [4.69, 9.17) is 16.3 Å². The molecule has 4 rings (SSSR count). The third-order valence-electron chi connectivity index (χ3n) is 6.86. The molecule has 7 heteroatoms. The Balaban J connectivity index is 1.30. The highest BCUT2D eigenvalue weighted by atomic mass is 35.5. The van der Waals surface area contributed by atoms with Gasteiger partial charge in [-0.05, 0) is 79.6 Å². The summed E-state index contributed by atoms with van der Waals surface area (Å²) in [4.78, 5) is 7.98. The smallest absolute Gasteiger partial charge is 0.119 e. The van der Waals surface area contributed by atoms with E-state index in [1.54, 1.807) is 25.1 Å². The van der Waals surface area contributed by atoms with Gasteiger partial charge in [0.25, 0.3) is 0 Å². The van der Waals surface area contributed by atoms with Crippen molar-refractivity contribution in [2.45, 2.75) is 30.3 Å². The number of methoxy groups -OCH3 is 1. The normalized spacial score (nSPS) is 19.9. The van der Waals surface area contributed by atoms with Gasteiger partial charge in [0, 0.05) is 41.9 Å². The number of rotatable bonds is 10. The number of pyridine rings is 1. The molecule has 1 saturated heterocycles. The molecule has 3 aromatic rings. The minimum Gasteiger partial charge on any atom is -0.497 e. The van der Waals surface area contributed by atoms with Crippen molar-refractivity contribution in [3.05, 3.63) is 65.3 Å². The first-order valence-corrected chi connectivity index (χ1v) is 13.3. The van der Waals surface area contributed by atoms with Crippen LogP contribution in [0, 0.1) is 11.8 Å². The van der Waals surface area contributed by atoms with E-state index in [1.807, 2.05) is 42.5 Å². The lowest BCUT2D eigenvalue weighted by molar-refractivity contribution is 0.0608. The second kappa shape index (κ2) is 12.2. The third-order valence-corrected chi connectivity index (χ3v) is 8.36. The van der Waals surface area contributed by atoms with Crippen LogP contribution in [-0.4, -0.2) is 59.2 Å². The summed E-state index contributed by atoms with van der Waals surface area (Å²) in [7, 11) is 1.64. The third kappa shape index (κ3) is 6.23. The molecule has 0 saturated carbocycles. The zero-order valence-corrected chi connectivity index (χ0v) is 21.1. The number of piperidine rings is 1. The number of ether oxygens (including phenoxy) is 1. The molecule has 1 aliphatic heterocycles. The first-order valence-electron chi connectivity index (χ1n) is 11.9. The van der Waals surface area contributed by atoms with Crippen molar-refractivity contribution in [2.24, 2.45) is 11.8 Å². The molecule has 0 spiro atoms. The molecule has 3 atom stereocenters. The predicted molar refractivity (Wildman–Crippen MR) is 140 cm³/mol. The fraction of sp³-hybridized carbons (Fsp3) is 0.444. The lowest BCUT2D eigenvalue weighted by Gasteiger charge is -2.38. The monoisotopic (exact) mass is 500 g/mol. The van der Waals surface area contributed by atoms with Crippen LogP contribution in [0.5, 0.6) is 5.75 Å². The number of aromatic nitrogens is 1. The second-order valence-corrected chi connectivity index (χ2v) is 10.5. The average Bonchev–Trinajstić information content (AvgIpc) is 2.88. The van der Waals surface area contributed by atoms with Crippen LogP contribution < -0.4 is 4.74 Å². The molecule has 0 unspecified atom stereocenters. The maximum absolute atomic E-state index is 11.0. The first kappa shape index (κ1) is 25.3. The standard InChI is InChI=1S/C27H33ClN2O3S/c1-33-21-7-8-25-23(16-21)22(10-12-29-25)26(32)9-6-19-11-13-30(17-20(19)18-31)14-15-34-27-5-3-2-4-24(27)28/h2-5,7-8,10,12,16,19-20,26,31-32H,6,9,11,13-15,17-18H2,1H3/t19-,20-,26+/m1/s1. The Hall–Kier alpha value is -1.83. The van der Waals surface area contributed by atoms with E-state index >= 15 is 0 Å². The Bertz CT molecular complexity index is 1080. The minimum absolute atomic E-state index is 0.185. The van der Waals surface area contributed by atoms with Crippen molar-refractivity contribution in [3.63, 3.8) is 0 Å². The molecule has 0 bridgehead atoms. The van der Waals surface area contributed by atoms with Gasteiger partial charge in [-0.25, -0.2) is 0 Å². The summed E-state index contributed by atoms with van der Waals surface area (Å²) in [6, 6.07) is 15.6. The number of hydrogen-bond acceptors (Lipinski definition) is 6.